The van der Waals surface area contributed by atoms with Crippen molar-refractivity contribution in [1.82, 2.24) is 5.32 Å². The van der Waals surface area contributed by atoms with E-state index in [2.05, 4.69) is 15.5 Å². The Labute approximate surface area is 202 Å². The Morgan fingerprint density at radius 3 is 2.53 bits per heavy atom. The lowest BCUT2D eigenvalue weighted by molar-refractivity contribution is -0.118. The number of carbonyl (C=O) groups is 1. The zero-order chi connectivity index (χ0) is 24.1. The molecule has 0 aromatic heterocycles. The summed E-state index contributed by atoms with van der Waals surface area (Å²) in [6.07, 6.45) is 2.12. The van der Waals surface area contributed by atoms with E-state index in [4.69, 9.17) is 8.92 Å². The second-order valence-electron chi connectivity index (χ2n) is 7.29. The third-order valence-electron chi connectivity index (χ3n) is 5.04. The van der Waals surface area contributed by atoms with Crippen LogP contribution in [0.1, 0.15) is 25.8 Å². The molecule has 3 aromatic rings. The summed E-state index contributed by atoms with van der Waals surface area (Å²) in [7, 11) is -4.11. The molecule has 34 heavy (non-hydrogen) atoms. The molecule has 0 spiro atoms. The molecule has 1 N–H and O–H groups in total. The lowest BCUT2D eigenvalue weighted by atomic mass is 10.0. The highest BCUT2D eigenvalue weighted by Crippen LogP contribution is 2.30. The van der Waals surface area contributed by atoms with Crippen molar-refractivity contribution in [2.75, 3.05) is 6.61 Å². The van der Waals surface area contributed by atoms with Crippen LogP contribution in [0.3, 0.4) is 0 Å². The van der Waals surface area contributed by atoms with Gasteiger partial charge in [0.1, 0.15) is 10.6 Å². The molecular weight excluding hydrogens is 474 g/mol. The van der Waals surface area contributed by atoms with Gasteiger partial charge in [-0.2, -0.15) is 13.5 Å². The van der Waals surface area contributed by atoms with E-state index in [0.717, 1.165) is 10.8 Å². The number of nitrogens with one attached hydrogen (secondary N) is 1. The Morgan fingerprint density at radius 2 is 1.82 bits per heavy atom. The minimum Gasteiger partial charge on any atom is -0.494 e. The standard InChI is InChI=1S/C24H23N3O5S2/c1-3-22-23(28)26-24(33-22)27-25-15-20-19-8-6-5-7-16(19)9-14-21(20)32-34(29,30)18-12-10-17(11-13-18)31-4-2/h5-15,22H,3-4H2,1-2H3,(H,26,27,28)/b25-15-/t22-/m1/s1. The van der Waals surface area contributed by atoms with Gasteiger partial charge in [-0.1, -0.05) is 49.0 Å². The molecule has 4 rings (SSSR count). The highest BCUT2D eigenvalue weighted by molar-refractivity contribution is 8.15. The van der Waals surface area contributed by atoms with Gasteiger partial charge in [-0.3, -0.25) is 4.79 Å². The number of ether oxygens (including phenoxy) is 1. The molecule has 1 atom stereocenters. The van der Waals surface area contributed by atoms with Crippen molar-refractivity contribution in [1.29, 1.82) is 0 Å². The second-order valence-corrected chi connectivity index (χ2v) is 10.0. The Kier molecular flexibility index (Phi) is 7.18. The first-order valence-corrected chi connectivity index (χ1v) is 13.0. The van der Waals surface area contributed by atoms with Crippen LogP contribution in [0, 0.1) is 0 Å². The normalized spacial score (nSPS) is 17.4. The van der Waals surface area contributed by atoms with Crippen molar-refractivity contribution in [3.8, 4) is 11.5 Å². The van der Waals surface area contributed by atoms with Crippen LogP contribution in [0.5, 0.6) is 11.5 Å². The summed E-state index contributed by atoms with van der Waals surface area (Å²) in [6.45, 7) is 4.25. The maximum absolute atomic E-state index is 13.0. The summed E-state index contributed by atoms with van der Waals surface area (Å²) in [5.74, 6) is 0.587. The Bertz CT molecular complexity index is 1370. The molecule has 1 amide bonds. The van der Waals surface area contributed by atoms with E-state index in [-0.39, 0.29) is 21.8 Å². The van der Waals surface area contributed by atoms with Gasteiger partial charge in [0.15, 0.2) is 10.9 Å². The monoisotopic (exact) mass is 497 g/mol. The Balaban J connectivity index is 1.66. The van der Waals surface area contributed by atoms with Gasteiger partial charge in [0, 0.05) is 5.56 Å². The van der Waals surface area contributed by atoms with Crippen molar-refractivity contribution in [2.45, 2.75) is 30.4 Å². The van der Waals surface area contributed by atoms with Crippen molar-refractivity contribution in [3.05, 3.63) is 66.2 Å². The third kappa shape index (κ3) is 5.23. The first kappa shape index (κ1) is 23.8. The van der Waals surface area contributed by atoms with Gasteiger partial charge >= 0.3 is 10.1 Å². The van der Waals surface area contributed by atoms with E-state index < -0.39 is 10.1 Å². The quantitative estimate of drug-likeness (QED) is 0.282. The maximum Gasteiger partial charge on any atom is 0.339 e. The van der Waals surface area contributed by atoms with Gasteiger partial charge in [-0.25, -0.2) is 0 Å². The van der Waals surface area contributed by atoms with E-state index in [1.165, 1.54) is 30.1 Å². The molecule has 1 saturated heterocycles. The molecule has 0 aliphatic carbocycles. The zero-order valence-corrected chi connectivity index (χ0v) is 20.2. The molecule has 0 saturated carbocycles. The predicted molar refractivity (Wildman–Crippen MR) is 134 cm³/mol. The number of benzene rings is 3. The molecule has 8 nitrogen and oxygen atoms in total. The molecule has 0 radical (unpaired) electrons. The van der Waals surface area contributed by atoms with Crippen LogP contribution in [0.2, 0.25) is 0 Å². The first-order valence-electron chi connectivity index (χ1n) is 10.7. The van der Waals surface area contributed by atoms with E-state index in [1.54, 1.807) is 24.3 Å². The van der Waals surface area contributed by atoms with Crippen LogP contribution in [0.25, 0.3) is 10.8 Å². The fourth-order valence-electron chi connectivity index (χ4n) is 3.38. The molecule has 1 heterocycles. The summed E-state index contributed by atoms with van der Waals surface area (Å²) >= 11 is 1.31. The van der Waals surface area contributed by atoms with Crippen LogP contribution >= 0.6 is 11.8 Å². The number of amidine groups is 1. The molecule has 1 aliphatic rings. The number of carbonyl (C=O) groups excluding carboxylic acids is 1. The van der Waals surface area contributed by atoms with Gasteiger partial charge in [0.05, 0.1) is 18.1 Å². The SMILES string of the molecule is CCOc1ccc(S(=O)(=O)Oc2ccc3ccccc3c2/C=N\N=C2\NC(=O)[C@@H](CC)S2)cc1. The van der Waals surface area contributed by atoms with Gasteiger partial charge < -0.3 is 14.2 Å². The summed E-state index contributed by atoms with van der Waals surface area (Å²) in [4.78, 5) is 11.9. The van der Waals surface area contributed by atoms with Crippen LogP contribution in [0.4, 0.5) is 0 Å². The average Bonchev–Trinajstić information content (AvgIpc) is 3.20. The number of fused-ring (bicyclic) bond motifs is 1. The van der Waals surface area contributed by atoms with Gasteiger partial charge in [0.2, 0.25) is 5.91 Å². The van der Waals surface area contributed by atoms with E-state index in [1.807, 2.05) is 38.1 Å². The fourth-order valence-corrected chi connectivity index (χ4v) is 5.18. The van der Waals surface area contributed by atoms with Crippen LogP contribution < -0.4 is 14.2 Å². The molecule has 3 aromatic carbocycles. The van der Waals surface area contributed by atoms with Crippen LogP contribution in [0.15, 0.2) is 75.8 Å². The Hall–Kier alpha value is -3.37. The number of nitrogens with zero attached hydrogens (tertiary/aromatic N) is 2. The van der Waals surface area contributed by atoms with E-state index >= 15 is 0 Å². The number of thioether (sulfide) groups is 1. The fraction of sp³-hybridized carbons (Fsp3) is 0.208. The topological polar surface area (TPSA) is 106 Å². The number of hydrogen-bond donors (Lipinski definition) is 1. The average molecular weight is 498 g/mol. The highest BCUT2D eigenvalue weighted by Gasteiger charge is 2.28. The minimum atomic E-state index is -4.11. The molecule has 10 heteroatoms. The molecule has 176 valence electrons. The minimum absolute atomic E-state index is 0.00270. The second kappa shape index (κ2) is 10.3. The summed E-state index contributed by atoms with van der Waals surface area (Å²) in [5, 5.41) is 12.7. The Morgan fingerprint density at radius 1 is 1.06 bits per heavy atom. The maximum atomic E-state index is 13.0. The number of amides is 1. The summed E-state index contributed by atoms with van der Waals surface area (Å²) in [6, 6.07) is 16.9. The number of hydrogen-bond acceptors (Lipinski definition) is 8. The predicted octanol–water partition coefficient (Wildman–Crippen LogP) is 4.34. The van der Waals surface area contributed by atoms with Gasteiger partial charge in [-0.15, -0.1) is 5.10 Å². The molecular formula is C24H23N3O5S2. The molecule has 1 fully saturated rings. The molecule has 1 aliphatic heterocycles. The number of rotatable bonds is 8. The molecule has 0 bridgehead atoms. The largest absolute Gasteiger partial charge is 0.494 e. The van der Waals surface area contributed by atoms with Crippen LogP contribution in [-0.4, -0.2) is 37.6 Å². The van der Waals surface area contributed by atoms with Crippen LogP contribution in [-0.2, 0) is 14.9 Å². The van der Waals surface area contributed by atoms with E-state index in [0.29, 0.717) is 29.5 Å². The highest BCUT2D eigenvalue weighted by atomic mass is 32.2. The smallest absolute Gasteiger partial charge is 0.339 e. The lowest BCUT2D eigenvalue weighted by Crippen LogP contribution is -2.24. The third-order valence-corrected chi connectivity index (χ3v) is 7.52. The van der Waals surface area contributed by atoms with Crippen molar-refractivity contribution < 1.29 is 22.1 Å². The zero-order valence-electron chi connectivity index (χ0n) is 18.6. The van der Waals surface area contributed by atoms with Gasteiger partial charge in [-0.05, 0) is 54.4 Å². The van der Waals surface area contributed by atoms with Crippen molar-refractivity contribution >= 4 is 49.9 Å². The van der Waals surface area contributed by atoms with Crippen molar-refractivity contribution in [3.63, 3.8) is 0 Å². The molecule has 0 unspecified atom stereocenters. The first-order chi connectivity index (χ1) is 16.4. The summed E-state index contributed by atoms with van der Waals surface area (Å²) in [5.41, 5.74) is 0.457. The summed E-state index contributed by atoms with van der Waals surface area (Å²) < 4.78 is 36.8. The lowest BCUT2D eigenvalue weighted by Gasteiger charge is -2.12. The van der Waals surface area contributed by atoms with E-state index in [9.17, 15) is 13.2 Å². The van der Waals surface area contributed by atoms with Crippen molar-refractivity contribution in [2.24, 2.45) is 10.2 Å². The van der Waals surface area contributed by atoms with Gasteiger partial charge in [0.25, 0.3) is 0 Å².